The molecule has 0 aromatic heterocycles. The maximum atomic E-state index is 11.5. The Balaban J connectivity index is 3.18. The summed E-state index contributed by atoms with van der Waals surface area (Å²) in [7, 11) is 3.03. The number of ether oxygens (including phenoxy) is 2. The van der Waals surface area contributed by atoms with Crippen molar-refractivity contribution >= 4 is 5.97 Å². The molecule has 106 valence electrons. The zero-order valence-corrected chi connectivity index (χ0v) is 11.8. The summed E-state index contributed by atoms with van der Waals surface area (Å²) in [5.41, 5.74) is 0.564. The molecule has 5 heteroatoms. The van der Waals surface area contributed by atoms with E-state index in [2.05, 4.69) is 5.32 Å². The molecular formula is C14H21NO4. The second-order valence-electron chi connectivity index (χ2n) is 4.33. The second kappa shape index (κ2) is 6.99. The molecule has 5 nitrogen and oxygen atoms in total. The van der Waals surface area contributed by atoms with Crippen LogP contribution < -0.4 is 14.8 Å². The Hall–Kier alpha value is -1.75. The van der Waals surface area contributed by atoms with Gasteiger partial charge in [0, 0.05) is 11.6 Å². The summed E-state index contributed by atoms with van der Waals surface area (Å²) in [6, 6.07) is 4.50. The number of nitrogens with one attached hydrogen (secondary N) is 1. The second-order valence-corrected chi connectivity index (χ2v) is 4.33. The number of rotatable bonds is 7. The van der Waals surface area contributed by atoms with Crippen LogP contribution in [0.15, 0.2) is 18.2 Å². The molecule has 0 aliphatic rings. The standard InChI is InChI=1S/C14H21NO4/c1-5-9(2)15-12(14(16)17)10-7-6-8-11(18-3)13(10)19-4/h6-9,12,15H,5H2,1-4H3,(H,16,17). The maximum Gasteiger partial charge on any atom is 0.325 e. The van der Waals surface area contributed by atoms with Gasteiger partial charge in [-0.15, -0.1) is 0 Å². The molecule has 0 bridgehead atoms. The lowest BCUT2D eigenvalue weighted by molar-refractivity contribution is -0.139. The SMILES string of the molecule is CCC(C)NC(C(=O)O)c1cccc(OC)c1OC. The van der Waals surface area contributed by atoms with Crippen molar-refractivity contribution in [3.8, 4) is 11.5 Å². The molecular weight excluding hydrogens is 246 g/mol. The molecule has 0 aliphatic carbocycles. The highest BCUT2D eigenvalue weighted by Crippen LogP contribution is 2.34. The molecule has 0 fully saturated rings. The van der Waals surface area contributed by atoms with E-state index in [1.54, 1.807) is 18.2 Å². The van der Waals surface area contributed by atoms with Gasteiger partial charge in [-0.2, -0.15) is 0 Å². The first kappa shape index (κ1) is 15.3. The van der Waals surface area contributed by atoms with Crippen molar-refractivity contribution in [2.45, 2.75) is 32.4 Å². The van der Waals surface area contributed by atoms with Gasteiger partial charge in [0.2, 0.25) is 0 Å². The smallest absolute Gasteiger partial charge is 0.325 e. The zero-order chi connectivity index (χ0) is 14.4. The van der Waals surface area contributed by atoms with Crippen molar-refractivity contribution in [1.29, 1.82) is 0 Å². The van der Waals surface area contributed by atoms with E-state index in [4.69, 9.17) is 9.47 Å². The summed E-state index contributed by atoms with van der Waals surface area (Å²) >= 11 is 0. The molecule has 2 atom stereocenters. The number of carboxylic acid groups (broad SMARTS) is 1. The summed E-state index contributed by atoms with van der Waals surface area (Å²) in [6.07, 6.45) is 0.843. The fraction of sp³-hybridized carbons (Fsp3) is 0.500. The summed E-state index contributed by atoms with van der Waals surface area (Å²) < 4.78 is 10.5. The molecule has 2 N–H and O–H groups in total. The van der Waals surface area contributed by atoms with Crippen LogP contribution in [0.1, 0.15) is 31.9 Å². The van der Waals surface area contributed by atoms with Crippen molar-refractivity contribution in [3.63, 3.8) is 0 Å². The first-order chi connectivity index (χ1) is 9.04. The minimum Gasteiger partial charge on any atom is -0.493 e. The summed E-state index contributed by atoms with van der Waals surface area (Å²) in [5.74, 6) is 0.0391. The Morgan fingerprint density at radius 3 is 2.53 bits per heavy atom. The number of hydrogen-bond acceptors (Lipinski definition) is 4. The van der Waals surface area contributed by atoms with Gasteiger partial charge < -0.3 is 14.6 Å². The van der Waals surface area contributed by atoms with E-state index in [1.165, 1.54) is 14.2 Å². The molecule has 0 amide bonds. The average Bonchev–Trinajstić information content (AvgIpc) is 2.42. The van der Waals surface area contributed by atoms with Crippen LogP contribution in [0, 0.1) is 0 Å². The third-order valence-corrected chi connectivity index (χ3v) is 3.05. The molecule has 19 heavy (non-hydrogen) atoms. The van der Waals surface area contributed by atoms with Crippen molar-refractivity contribution in [2.75, 3.05) is 14.2 Å². The van der Waals surface area contributed by atoms with Crippen LogP contribution in [-0.4, -0.2) is 31.3 Å². The van der Waals surface area contributed by atoms with Gasteiger partial charge in [0.1, 0.15) is 6.04 Å². The normalized spacial score (nSPS) is 13.7. The Morgan fingerprint density at radius 2 is 2.05 bits per heavy atom. The first-order valence-corrected chi connectivity index (χ1v) is 6.24. The number of para-hydroxylation sites is 1. The lowest BCUT2D eigenvalue weighted by Gasteiger charge is -2.22. The highest BCUT2D eigenvalue weighted by Gasteiger charge is 2.26. The van der Waals surface area contributed by atoms with Crippen LogP contribution in [-0.2, 0) is 4.79 Å². The quantitative estimate of drug-likeness (QED) is 0.793. The van der Waals surface area contributed by atoms with Gasteiger partial charge in [0.15, 0.2) is 11.5 Å². The van der Waals surface area contributed by atoms with Gasteiger partial charge in [0.25, 0.3) is 0 Å². The van der Waals surface area contributed by atoms with Crippen LogP contribution in [0.25, 0.3) is 0 Å². The molecule has 1 aromatic rings. The lowest BCUT2D eigenvalue weighted by Crippen LogP contribution is -2.35. The van der Waals surface area contributed by atoms with Crippen LogP contribution in [0.5, 0.6) is 11.5 Å². The van der Waals surface area contributed by atoms with Gasteiger partial charge >= 0.3 is 5.97 Å². The minimum absolute atomic E-state index is 0.0945. The Kier molecular flexibility index (Phi) is 5.63. The van der Waals surface area contributed by atoms with Crippen LogP contribution in [0.2, 0.25) is 0 Å². The fourth-order valence-corrected chi connectivity index (χ4v) is 1.84. The van der Waals surface area contributed by atoms with E-state index in [-0.39, 0.29) is 6.04 Å². The topological polar surface area (TPSA) is 67.8 Å². The van der Waals surface area contributed by atoms with E-state index in [0.29, 0.717) is 17.1 Å². The monoisotopic (exact) mass is 267 g/mol. The van der Waals surface area contributed by atoms with Crippen LogP contribution in [0.4, 0.5) is 0 Å². The number of aliphatic carboxylic acids is 1. The van der Waals surface area contributed by atoms with Crippen molar-refractivity contribution in [3.05, 3.63) is 23.8 Å². The van der Waals surface area contributed by atoms with E-state index in [1.807, 2.05) is 13.8 Å². The average molecular weight is 267 g/mol. The first-order valence-electron chi connectivity index (χ1n) is 6.24. The van der Waals surface area contributed by atoms with Crippen molar-refractivity contribution in [1.82, 2.24) is 5.32 Å². The molecule has 0 saturated carbocycles. The molecule has 0 spiro atoms. The summed E-state index contributed by atoms with van der Waals surface area (Å²) in [6.45, 7) is 3.95. The maximum absolute atomic E-state index is 11.5. The fourth-order valence-electron chi connectivity index (χ4n) is 1.84. The highest BCUT2D eigenvalue weighted by atomic mass is 16.5. The Labute approximate surface area is 113 Å². The number of methoxy groups -OCH3 is 2. The molecule has 1 rings (SSSR count). The van der Waals surface area contributed by atoms with Gasteiger partial charge in [-0.25, -0.2) is 0 Å². The van der Waals surface area contributed by atoms with Crippen molar-refractivity contribution in [2.24, 2.45) is 0 Å². The molecule has 0 radical (unpaired) electrons. The number of hydrogen-bond donors (Lipinski definition) is 2. The third-order valence-electron chi connectivity index (χ3n) is 3.05. The summed E-state index contributed by atoms with van der Waals surface area (Å²) in [5, 5.41) is 12.5. The number of benzene rings is 1. The predicted molar refractivity (Wildman–Crippen MR) is 72.8 cm³/mol. The predicted octanol–water partition coefficient (Wildman–Crippen LogP) is 2.22. The highest BCUT2D eigenvalue weighted by molar-refractivity contribution is 5.77. The van der Waals surface area contributed by atoms with Gasteiger partial charge in [-0.3, -0.25) is 10.1 Å². The van der Waals surface area contributed by atoms with Gasteiger partial charge in [0.05, 0.1) is 14.2 Å². The van der Waals surface area contributed by atoms with Gasteiger partial charge in [-0.1, -0.05) is 19.1 Å². The van der Waals surface area contributed by atoms with Gasteiger partial charge in [-0.05, 0) is 19.4 Å². The van der Waals surface area contributed by atoms with Crippen LogP contribution >= 0.6 is 0 Å². The number of carboxylic acids is 1. The summed E-state index contributed by atoms with van der Waals surface area (Å²) in [4.78, 5) is 11.5. The Morgan fingerprint density at radius 1 is 1.37 bits per heavy atom. The van der Waals surface area contributed by atoms with Crippen molar-refractivity contribution < 1.29 is 19.4 Å². The van der Waals surface area contributed by atoms with Crippen LogP contribution in [0.3, 0.4) is 0 Å². The zero-order valence-electron chi connectivity index (χ0n) is 11.8. The third kappa shape index (κ3) is 3.61. The largest absolute Gasteiger partial charge is 0.493 e. The molecule has 0 heterocycles. The Bertz CT molecular complexity index is 433. The van der Waals surface area contributed by atoms with E-state index in [9.17, 15) is 9.90 Å². The molecule has 0 aliphatic heterocycles. The molecule has 2 unspecified atom stereocenters. The molecule has 0 saturated heterocycles. The van der Waals surface area contributed by atoms with E-state index < -0.39 is 12.0 Å². The minimum atomic E-state index is -0.938. The molecule has 1 aromatic carbocycles. The van der Waals surface area contributed by atoms with E-state index >= 15 is 0 Å². The lowest BCUT2D eigenvalue weighted by atomic mass is 10.0. The van der Waals surface area contributed by atoms with E-state index in [0.717, 1.165) is 6.42 Å². The number of carbonyl (C=O) groups is 1.